The van der Waals surface area contributed by atoms with Gasteiger partial charge in [0, 0.05) is 29.5 Å². The summed E-state index contributed by atoms with van der Waals surface area (Å²) in [6.45, 7) is 3.44. The van der Waals surface area contributed by atoms with Crippen molar-refractivity contribution >= 4 is 11.6 Å². The standard InChI is InChI=1S/C17H19ClN2/c18-17-6-4-15(5-7-17)16-10-14(11-19-12-16)13-20-8-2-1-3-9-20/h4-7,10-12H,1-3,8-9,13H2. The van der Waals surface area contributed by atoms with E-state index >= 15 is 0 Å². The minimum absolute atomic E-state index is 0.770. The molecule has 0 N–H and O–H groups in total. The van der Waals surface area contributed by atoms with Crippen LogP contribution in [0.3, 0.4) is 0 Å². The molecule has 0 spiro atoms. The van der Waals surface area contributed by atoms with Crippen molar-refractivity contribution in [1.82, 2.24) is 9.88 Å². The number of hydrogen-bond acceptors (Lipinski definition) is 2. The SMILES string of the molecule is Clc1ccc(-c2cncc(CN3CCCCC3)c2)cc1. The molecule has 0 atom stereocenters. The molecule has 2 heterocycles. The Balaban J connectivity index is 1.76. The van der Waals surface area contributed by atoms with Crippen LogP contribution >= 0.6 is 11.6 Å². The van der Waals surface area contributed by atoms with Gasteiger partial charge in [-0.2, -0.15) is 0 Å². The molecule has 0 amide bonds. The van der Waals surface area contributed by atoms with E-state index in [2.05, 4.69) is 16.0 Å². The van der Waals surface area contributed by atoms with E-state index in [0.29, 0.717) is 0 Å². The zero-order chi connectivity index (χ0) is 13.8. The van der Waals surface area contributed by atoms with Gasteiger partial charge in [0.2, 0.25) is 0 Å². The lowest BCUT2D eigenvalue weighted by atomic mass is 10.1. The van der Waals surface area contributed by atoms with Crippen LogP contribution in [0.5, 0.6) is 0 Å². The molecule has 1 aromatic carbocycles. The molecule has 2 aromatic rings. The quantitative estimate of drug-likeness (QED) is 0.832. The maximum atomic E-state index is 5.94. The van der Waals surface area contributed by atoms with Crippen molar-refractivity contribution in [2.45, 2.75) is 25.8 Å². The van der Waals surface area contributed by atoms with E-state index in [9.17, 15) is 0 Å². The molecule has 0 unspecified atom stereocenters. The van der Waals surface area contributed by atoms with Gasteiger partial charge in [-0.05, 0) is 55.3 Å². The van der Waals surface area contributed by atoms with Gasteiger partial charge in [0.15, 0.2) is 0 Å². The summed E-state index contributed by atoms with van der Waals surface area (Å²) in [7, 11) is 0. The number of rotatable bonds is 3. The average molecular weight is 287 g/mol. The maximum absolute atomic E-state index is 5.94. The number of pyridine rings is 1. The van der Waals surface area contributed by atoms with Crippen molar-refractivity contribution in [3.63, 3.8) is 0 Å². The second-order valence-electron chi connectivity index (χ2n) is 5.43. The molecule has 1 saturated heterocycles. The maximum Gasteiger partial charge on any atom is 0.0406 e. The molecule has 2 nitrogen and oxygen atoms in total. The van der Waals surface area contributed by atoms with E-state index in [1.54, 1.807) is 0 Å². The number of halogens is 1. The fourth-order valence-corrected chi connectivity index (χ4v) is 2.88. The molecule has 104 valence electrons. The first-order valence-corrected chi connectivity index (χ1v) is 7.61. The van der Waals surface area contributed by atoms with Crippen LogP contribution in [0.2, 0.25) is 5.02 Å². The van der Waals surface area contributed by atoms with Gasteiger partial charge in [0.25, 0.3) is 0 Å². The highest BCUT2D eigenvalue weighted by molar-refractivity contribution is 6.30. The first-order valence-electron chi connectivity index (χ1n) is 7.23. The van der Waals surface area contributed by atoms with Crippen LogP contribution in [0.4, 0.5) is 0 Å². The Hall–Kier alpha value is -1.38. The van der Waals surface area contributed by atoms with Gasteiger partial charge in [-0.25, -0.2) is 0 Å². The van der Waals surface area contributed by atoms with Crippen LogP contribution in [0.25, 0.3) is 11.1 Å². The van der Waals surface area contributed by atoms with E-state index in [-0.39, 0.29) is 0 Å². The third kappa shape index (κ3) is 3.38. The van der Waals surface area contributed by atoms with E-state index < -0.39 is 0 Å². The fourth-order valence-electron chi connectivity index (χ4n) is 2.75. The monoisotopic (exact) mass is 286 g/mol. The second-order valence-corrected chi connectivity index (χ2v) is 5.86. The molecule has 0 radical (unpaired) electrons. The topological polar surface area (TPSA) is 16.1 Å². The van der Waals surface area contributed by atoms with Crippen molar-refractivity contribution < 1.29 is 0 Å². The summed E-state index contributed by atoms with van der Waals surface area (Å²) in [5.41, 5.74) is 3.62. The lowest BCUT2D eigenvalue weighted by Gasteiger charge is -2.26. The summed E-state index contributed by atoms with van der Waals surface area (Å²) >= 11 is 5.94. The third-order valence-electron chi connectivity index (χ3n) is 3.83. The molecular formula is C17H19ClN2. The predicted octanol–water partition coefficient (Wildman–Crippen LogP) is 4.39. The molecule has 1 aliphatic rings. The largest absolute Gasteiger partial charge is 0.299 e. The van der Waals surface area contributed by atoms with Gasteiger partial charge in [-0.15, -0.1) is 0 Å². The zero-order valence-electron chi connectivity index (χ0n) is 11.6. The van der Waals surface area contributed by atoms with E-state index in [1.807, 2.05) is 36.7 Å². The minimum atomic E-state index is 0.770. The van der Waals surface area contributed by atoms with Gasteiger partial charge >= 0.3 is 0 Å². The molecule has 1 aliphatic heterocycles. The van der Waals surface area contributed by atoms with Crippen molar-refractivity contribution in [3.05, 3.63) is 53.3 Å². The first kappa shape index (κ1) is 13.6. The van der Waals surface area contributed by atoms with Crippen molar-refractivity contribution in [1.29, 1.82) is 0 Å². The van der Waals surface area contributed by atoms with Gasteiger partial charge < -0.3 is 0 Å². The Morgan fingerprint density at radius 2 is 1.70 bits per heavy atom. The molecule has 1 aromatic heterocycles. The molecule has 1 fully saturated rings. The van der Waals surface area contributed by atoms with Crippen LogP contribution in [-0.2, 0) is 6.54 Å². The number of nitrogens with zero attached hydrogens (tertiary/aromatic N) is 2. The van der Waals surface area contributed by atoms with Gasteiger partial charge in [0.1, 0.15) is 0 Å². The highest BCUT2D eigenvalue weighted by Crippen LogP contribution is 2.22. The molecular weight excluding hydrogens is 268 g/mol. The minimum Gasteiger partial charge on any atom is -0.299 e. The van der Waals surface area contributed by atoms with E-state index in [1.165, 1.54) is 43.5 Å². The summed E-state index contributed by atoms with van der Waals surface area (Å²) in [4.78, 5) is 6.91. The Bertz CT molecular complexity index is 559. The summed E-state index contributed by atoms with van der Waals surface area (Å²) in [5, 5.41) is 0.770. The number of likely N-dealkylation sites (tertiary alicyclic amines) is 1. The second kappa shape index (κ2) is 6.38. The van der Waals surface area contributed by atoms with Gasteiger partial charge in [-0.3, -0.25) is 9.88 Å². The van der Waals surface area contributed by atoms with Crippen molar-refractivity contribution in [2.75, 3.05) is 13.1 Å². The van der Waals surface area contributed by atoms with E-state index in [4.69, 9.17) is 11.6 Å². The molecule has 20 heavy (non-hydrogen) atoms. The Morgan fingerprint density at radius 1 is 0.950 bits per heavy atom. The summed E-state index contributed by atoms with van der Waals surface area (Å²) in [5.74, 6) is 0. The average Bonchev–Trinajstić information content (AvgIpc) is 2.49. The molecule has 0 aliphatic carbocycles. The van der Waals surface area contributed by atoms with Crippen LogP contribution in [0, 0.1) is 0 Å². The van der Waals surface area contributed by atoms with E-state index in [0.717, 1.165) is 17.1 Å². The van der Waals surface area contributed by atoms with Crippen LogP contribution in [0.1, 0.15) is 24.8 Å². The Labute approximate surface area is 125 Å². The van der Waals surface area contributed by atoms with Crippen LogP contribution < -0.4 is 0 Å². The third-order valence-corrected chi connectivity index (χ3v) is 4.08. The van der Waals surface area contributed by atoms with Crippen LogP contribution in [0.15, 0.2) is 42.7 Å². The highest BCUT2D eigenvalue weighted by atomic mass is 35.5. The number of benzene rings is 1. The predicted molar refractivity (Wildman–Crippen MR) is 83.8 cm³/mol. The number of piperidine rings is 1. The van der Waals surface area contributed by atoms with Crippen LogP contribution in [-0.4, -0.2) is 23.0 Å². The first-order chi connectivity index (χ1) is 9.81. The van der Waals surface area contributed by atoms with Crippen molar-refractivity contribution in [3.8, 4) is 11.1 Å². The molecule has 0 saturated carbocycles. The molecule has 3 heteroatoms. The lowest BCUT2D eigenvalue weighted by molar-refractivity contribution is 0.220. The summed E-state index contributed by atoms with van der Waals surface area (Å²) in [6, 6.07) is 10.2. The fraction of sp³-hybridized carbons (Fsp3) is 0.353. The zero-order valence-corrected chi connectivity index (χ0v) is 12.3. The van der Waals surface area contributed by atoms with Gasteiger partial charge in [-0.1, -0.05) is 30.2 Å². The number of aromatic nitrogens is 1. The summed E-state index contributed by atoms with van der Waals surface area (Å²) in [6.07, 6.45) is 7.92. The lowest BCUT2D eigenvalue weighted by Crippen LogP contribution is -2.29. The van der Waals surface area contributed by atoms with Crippen molar-refractivity contribution in [2.24, 2.45) is 0 Å². The smallest absolute Gasteiger partial charge is 0.0406 e. The molecule has 3 rings (SSSR count). The normalized spacial score (nSPS) is 16.2. The Kier molecular flexibility index (Phi) is 4.34. The number of hydrogen-bond donors (Lipinski definition) is 0. The summed E-state index contributed by atoms with van der Waals surface area (Å²) < 4.78 is 0. The van der Waals surface area contributed by atoms with Gasteiger partial charge in [0.05, 0.1) is 0 Å². The Morgan fingerprint density at radius 3 is 2.45 bits per heavy atom. The molecule has 0 bridgehead atoms. The highest BCUT2D eigenvalue weighted by Gasteiger charge is 2.11.